The third-order valence-electron chi connectivity index (χ3n) is 5.49. The molecule has 3 aromatic rings. The van der Waals surface area contributed by atoms with Gasteiger partial charge in [0.15, 0.2) is 0 Å². The first-order chi connectivity index (χ1) is 14.0. The van der Waals surface area contributed by atoms with Crippen LogP contribution in [0.25, 0.3) is 22.2 Å². The molecular formula is C23H24ClN3O2. The highest BCUT2D eigenvalue weighted by Gasteiger charge is 2.16. The second-order valence-electron chi connectivity index (χ2n) is 7.46. The van der Waals surface area contributed by atoms with Gasteiger partial charge in [-0.3, -0.25) is 9.69 Å². The zero-order chi connectivity index (χ0) is 20.4. The number of rotatable bonds is 5. The number of pyridine rings is 1. The minimum atomic E-state index is -0.330. The zero-order valence-electron chi connectivity index (χ0n) is 16.4. The average Bonchev–Trinajstić information content (AvgIpc) is 2.73. The number of nitrogens with two attached hydrogens (primary N) is 1. The predicted molar refractivity (Wildman–Crippen MR) is 116 cm³/mol. The van der Waals surface area contributed by atoms with E-state index in [0.29, 0.717) is 5.02 Å². The number of amides is 1. The molecule has 1 aliphatic rings. The number of benzene rings is 2. The molecule has 1 saturated heterocycles. The van der Waals surface area contributed by atoms with Crippen LogP contribution >= 0.6 is 11.6 Å². The number of aromatic nitrogens is 1. The van der Waals surface area contributed by atoms with Crippen molar-refractivity contribution < 1.29 is 9.53 Å². The lowest BCUT2D eigenvalue weighted by atomic mass is 9.97. The van der Waals surface area contributed by atoms with E-state index in [-0.39, 0.29) is 11.8 Å². The molecule has 29 heavy (non-hydrogen) atoms. The monoisotopic (exact) mass is 409 g/mol. The Kier molecular flexibility index (Phi) is 5.81. The Hall–Kier alpha value is -2.47. The van der Waals surface area contributed by atoms with Crippen LogP contribution in [-0.2, 0) is 16.1 Å². The third kappa shape index (κ3) is 4.42. The van der Waals surface area contributed by atoms with Gasteiger partial charge in [0.05, 0.1) is 30.3 Å². The fraction of sp³-hybridized carbons (Fsp3) is 0.304. The van der Waals surface area contributed by atoms with Crippen molar-refractivity contribution in [1.29, 1.82) is 0 Å². The Morgan fingerprint density at radius 2 is 1.90 bits per heavy atom. The van der Waals surface area contributed by atoms with Gasteiger partial charge in [0.25, 0.3) is 0 Å². The maximum absolute atomic E-state index is 11.5. The van der Waals surface area contributed by atoms with Crippen molar-refractivity contribution in [2.45, 2.75) is 19.4 Å². The summed E-state index contributed by atoms with van der Waals surface area (Å²) in [4.78, 5) is 18.7. The quantitative estimate of drug-likeness (QED) is 0.692. The highest BCUT2D eigenvalue weighted by atomic mass is 35.5. The largest absolute Gasteiger partial charge is 0.379 e. The highest BCUT2D eigenvalue weighted by Crippen LogP contribution is 2.29. The van der Waals surface area contributed by atoms with E-state index in [4.69, 9.17) is 27.1 Å². The number of hydrogen-bond acceptors (Lipinski definition) is 4. The summed E-state index contributed by atoms with van der Waals surface area (Å²) in [5.41, 5.74) is 10.3. The van der Waals surface area contributed by atoms with Gasteiger partial charge in [-0.1, -0.05) is 41.9 Å². The number of halogens is 1. The highest BCUT2D eigenvalue weighted by molar-refractivity contribution is 6.31. The molecule has 0 saturated carbocycles. The van der Waals surface area contributed by atoms with Crippen LogP contribution in [0.2, 0.25) is 5.02 Å². The number of morpholine rings is 1. The third-order valence-corrected chi connectivity index (χ3v) is 5.72. The smallest absolute Gasteiger partial charge is 0.224 e. The van der Waals surface area contributed by atoms with Crippen LogP contribution in [0.5, 0.6) is 0 Å². The summed E-state index contributed by atoms with van der Waals surface area (Å²) >= 11 is 6.24. The van der Waals surface area contributed by atoms with E-state index in [1.807, 2.05) is 49.4 Å². The van der Waals surface area contributed by atoms with E-state index >= 15 is 0 Å². The second kappa shape index (κ2) is 8.49. The molecule has 1 amide bonds. The van der Waals surface area contributed by atoms with Crippen molar-refractivity contribution in [2.75, 3.05) is 26.3 Å². The van der Waals surface area contributed by atoms with E-state index in [9.17, 15) is 4.79 Å². The van der Waals surface area contributed by atoms with Gasteiger partial charge in [-0.05, 0) is 36.2 Å². The minimum absolute atomic E-state index is 0.315. The number of ether oxygens (including phenoxy) is 1. The van der Waals surface area contributed by atoms with Gasteiger partial charge in [0.1, 0.15) is 0 Å². The van der Waals surface area contributed by atoms with Gasteiger partial charge in [0, 0.05) is 35.6 Å². The molecule has 0 radical (unpaired) electrons. The molecule has 0 bridgehead atoms. The molecule has 0 spiro atoms. The van der Waals surface area contributed by atoms with Crippen molar-refractivity contribution in [3.8, 4) is 11.3 Å². The van der Waals surface area contributed by atoms with Crippen LogP contribution < -0.4 is 5.73 Å². The standard InChI is InChI=1S/C23H24ClN3O2/c1-15(23(25)28)16-2-4-17(5-3-16)21-12-18(14-27-8-10-29-11-9-27)20-7-6-19(24)13-22(20)26-21/h2-7,12-13,15H,8-11,14H2,1H3,(H2,25,28). The number of carbonyl (C=O) groups is 1. The fourth-order valence-corrected chi connectivity index (χ4v) is 3.83. The molecule has 150 valence electrons. The first-order valence-electron chi connectivity index (χ1n) is 9.80. The molecule has 2 N–H and O–H groups in total. The van der Waals surface area contributed by atoms with Gasteiger partial charge >= 0.3 is 0 Å². The molecule has 1 atom stereocenters. The maximum Gasteiger partial charge on any atom is 0.224 e. The molecule has 1 fully saturated rings. The predicted octanol–water partition coefficient (Wildman–Crippen LogP) is 3.98. The van der Waals surface area contributed by atoms with Gasteiger partial charge in [-0.15, -0.1) is 0 Å². The number of fused-ring (bicyclic) bond motifs is 1. The molecular weight excluding hydrogens is 386 g/mol. The molecule has 0 aliphatic carbocycles. The Labute approximate surface area is 175 Å². The van der Waals surface area contributed by atoms with Crippen molar-refractivity contribution >= 4 is 28.4 Å². The summed E-state index contributed by atoms with van der Waals surface area (Å²) in [7, 11) is 0. The SMILES string of the molecule is CC(C(N)=O)c1ccc(-c2cc(CN3CCOCC3)c3ccc(Cl)cc3n2)cc1. The molecule has 2 heterocycles. The van der Waals surface area contributed by atoms with Gasteiger partial charge < -0.3 is 10.5 Å². The van der Waals surface area contributed by atoms with E-state index < -0.39 is 0 Å². The number of carbonyl (C=O) groups excluding carboxylic acids is 1. The normalized spacial score (nSPS) is 16.1. The summed E-state index contributed by atoms with van der Waals surface area (Å²) < 4.78 is 5.48. The molecule has 1 aromatic heterocycles. The topological polar surface area (TPSA) is 68.5 Å². The van der Waals surface area contributed by atoms with E-state index in [1.54, 1.807) is 0 Å². The lowest BCUT2D eigenvalue weighted by Crippen LogP contribution is -2.35. The lowest BCUT2D eigenvalue weighted by Gasteiger charge is -2.27. The number of primary amides is 1. The van der Waals surface area contributed by atoms with E-state index in [1.165, 1.54) is 5.56 Å². The summed E-state index contributed by atoms with van der Waals surface area (Å²) in [5.74, 6) is -0.645. The Morgan fingerprint density at radius 3 is 2.59 bits per heavy atom. The van der Waals surface area contributed by atoms with Gasteiger partial charge in [0.2, 0.25) is 5.91 Å². The lowest BCUT2D eigenvalue weighted by molar-refractivity contribution is -0.119. The Bertz CT molecular complexity index is 1030. The molecule has 2 aromatic carbocycles. The Morgan fingerprint density at radius 1 is 1.17 bits per heavy atom. The van der Waals surface area contributed by atoms with Crippen molar-refractivity contribution in [1.82, 2.24) is 9.88 Å². The molecule has 1 aliphatic heterocycles. The van der Waals surface area contributed by atoms with Crippen molar-refractivity contribution in [2.24, 2.45) is 5.73 Å². The second-order valence-corrected chi connectivity index (χ2v) is 7.90. The van der Waals surface area contributed by atoms with E-state index in [0.717, 1.165) is 60.6 Å². The summed E-state index contributed by atoms with van der Waals surface area (Å²) in [6.07, 6.45) is 0. The van der Waals surface area contributed by atoms with Gasteiger partial charge in [-0.25, -0.2) is 4.98 Å². The maximum atomic E-state index is 11.5. The minimum Gasteiger partial charge on any atom is -0.379 e. The fourth-order valence-electron chi connectivity index (χ4n) is 3.66. The van der Waals surface area contributed by atoms with Crippen LogP contribution in [0.3, 0.4) is 0 Å². The summed E-state index contributed by atoms with van der Waals surface area (Å²) in [6.45, 7) is 6.03. The average molecular weight is 410 g/mol. The number of nitrogens with zero attached hydrogens (tertiary/aromatic N) is 2. The van der Waals surface area contributed by atoms with Crippen molar-refractivity contribution in [3.05, 3.63) is 64.7 Å². The molecule has 4 rings (SSSR count). The zero-order valence-corrected chi connectivity index (χ0v) is 17.2. The number of hydrogen-bond donors (Lipinski definition) is 1. The molecule has 5 nitrogen and oxygen atoms in total. The summed E-state index contributed by atoms with van der Waals surface area (Å²) in [5, 5.41) is 1.79. The first-order valence-corrected chi connectivity index (χ1v) is 10.2. The van der Waals surface area contributed by atoms with E-state index in [2.05, 4.69) is 11.0 Å². The van der Waals surface area contributed by atoms with Crippen LogP contribution in [0.1, 0.15) is 24.0 Å². The van der Waals surface area contributed by atoms with Crippen LogP contribution in [0.4, 0.5) is 0 Å². The van der Waals surface area contributed by atoms with Crippen LogP contribution in [0, 0.1) is 0 Å². The molecule has 1 unspecified atom stereocenters. The Balaban J connectivity index is 1.73. The first kappa shape index (κ1) is 19.8. The summed E-state index contributed by atoms with van der Waals surface area (Å²) in [6, 6.07) is 15.9. The molecule has 6 heteroatoms. The van der Waals surface area contributed by atoms with Crippen molar-refractivity contribution in [3.63, 3.8) is 0 Å². The van der Waals surface area contributed by atoms with Crippen LogP contribution in [0.15, 0.2) is 48.5 Å². The van der Waals surface area contributed by atoms with Gasteiger partial charge in [-0.2, -0.15) is 0 Å². The van der Waals surface area contributed by atoms with Crippen LogP contribution in [-0.4, -0.2) is 42.1 Å².